The van der Waals surface area contributed by atoms with Gasteiger partial charge in [0.15, 0.2) is 19.7 Å². The Kier molecular flexibility index (Phi) is 4.50. The van der Waals surface area contributed by atoms with E-state index in [0.717, 1.165) is 12.8 Å². The lowest BCUT2D eigenvalue weighted by Crippen LogP contribution is -2.48. The fourth-order valence-electron chi connectivity index (χ4n) is 2.18. The molecule has 1 N–H and O–H groups in total. The third-order valence-electron chi connectivity index (χ3n) is 3.80. The quantitative estimate of drug-likeness (QED) is 0.793. The summed E-state index contributed by atoms with van der Waals surface area (Å²) >= 11 is 0. The van der Waals surface area contributed by atoms with Crippen LogP contribution in [0.25, 0.3) is 0 Å². The molecular formula is C11H23NO4S2. The predicted molar refractivity (Wildman–Crippen MR) is 73.2 cm³/mol. The van der Waals surface area contributed by atoms with Gasteiger partial charge >= 0.3 is 0 Å². The molecule has 0 saturated heterocycles. The Morgan fingerprint density at radius 3 is 2.11 bits per heavy atom. The Hall–Kier alpha value is -0.140. The van der Waals surface area contributed by atoms with Gasteiger partial charge in [-0.3, -0.25) is 0 Å². The normalized spacial score (nSPS) is 26.4. The summed E-state index contributed by atoms with van der Waals surface area (Å²) in [6, 6.07) is -0.124. The van der Waals surface area contributed by atoms with Gasteiger partial charge in [0.25, 0.3) is 0 Å². The lowest BCUT2D eigenvalue weighted by molar-refractivity contribution is 0.463. The Balaban J connectivity index is 2.70. The van der Waals surface area contributed by atoms with Gasteiger partial charge in [0.2, 0.25) is 0 Å². The largest absolute Gasteiger partial charge is 0.311 e. The number of sulfone groups is 2. The zero-order valence-corrected chi connectivity index (χ0v) is 13.1. The number of hydrogen-bond donors (Lipinski definition) is 1. The third kappa shape index (κ3) is 3.68. The maximum atomic E-state index is 11.6. The third-order valence-corrected chi connectivity index (χ3v) is 7.61. The first-order chi connectivity index (χ1) is 7.95. The summed E-state index contributed by atoms with van der Waals surface area (Å²) in [6.07, 6.45) is 4.78. The molecule has 1 aliphatic rings. The fraction of sp³-hybridized carbons (Fsp3) is 1.00. The summed E-state index contributed by atoms with van der Waals surface area (Å²) in [7, 11) is -6.23. The molecule has 7 heteroatoms. The highest BCUT2D eigenvalue weighted by Crippen LogP contribution is 2.26. The zero-order valence-electron chi connectivity index (χ0n) is 11.4. The zero-order chi connectivity index (χ0) is 14.2. The molecule has 5 nitrogen and oxygen atoms in total. The van der Waals surface area contributed by atoms with Crippen LogP contribution in [0.15, 0.2) is 0 Å². The monoisotopic (exact) mass is 297 g/mol. The minimum absolute atomic E-state index is 0.124. The molecule has 0 amide bonds. The summed E-state index contributed by atoms with van der Waals surface area (Å²) < 4.78 is 45.5. The van der Waals surface area contributed by atoms with E-state index in [-0.39, 0.29) is 17.8 Å². The van der Waals surface area contributed by atoms with Crippen molar-refractivity contribution in [3.8, 4) is 0 Å². The van der Waals surface area contributed by atoms with Crippen LogP contribution in [0.5, 0.6) is 0 Å². The molecule has 0 aliphatic heterocycles. The van der Waals surface area contributed by atoms with Crippen molar-refractivity contribution in [3.05, 3.63) is 0 Å². The average Bonchev–Trinajstić information content (AvgIpc) is 2.59. The van der Waals surface area contributed by atoms with Gasteiger partial charge in [-0.15, -0.1) is 0 Å². The van der Waals surface area contributed by atoms with E-state index >= 15 is 0 Å². The van der Waals surface area contributed by atoms with Crippen LogP contribution >= 0.6 is 0 Å². The summed E-state index contributed by atoms with van der Waals surface area (Å²) in [5.41, 5.74) is 0. The van der Waals surface area contributed by atoms with Crippen LogP contribution in [0.2, 0.25) is 0 Å². The second-order valence-corrected chi connectivity index (χ2v) is 10.7. The summed E-state index contributed by atoms with van der Waals surface area (Å²) in [5, 5.41) is 2.75. The van der Waals surface area contributed by atoms with Gasteiger partial charge in [-0.05, 0) is 26.7 Å². The molecule has 1 aliphatic carbocycles. The van der Waals surface area contributed by atoms with Gasteiger partial charge in [0, 0.05) is 25.1 Å². The molecule has 0 radical (unpaired) electrons. The summed E-state index contributed by atoms with van der Waals surface area (Å²) in [5.74, 6) is 0. The number of hydrogen-bond acceptors (Lipinski definition) is 5. The number of nitrogens with one attached hydrogen (secondary N) is 1. The van der Waals surface area contributed by atoms with E-state index in [2.05, 4.69) is 5.32 Å². The molecule has 1 saturated carbocycles. The van der Waals surface area contributed by atoms with E-state index < -0.39 is 24.4 Å². The lowest BCUT2D eigenvalue weighted by Gasteiger charge is -2.27. The second-order valence-electron chi connectivity index (χ2n) is 5.82. The molecule has 0 aromatic rings. The first-order valence-corrected chi connectivity index (χ1v) is 9.91. The van der Waals surface area contributed by atoms with Gasteiger partial charge in [-0.25, -0.2) is 16.8 Å². The summed E-state index contributed by atoms with van der Waals surface area (Å²) in [6.45, 7) is 3.59. The van der Waals surface area contributed by atoms with Gasteiger partial charge < -0.3 is 5.32 Å². The minimum Gasteiger partial charge on any atom is -0.311 e. The maximum absolute atomic E-state index is 11.6. The molecule has 1 rings (SSSR count). The van der Waals surface area contributed by atoms with Crippen LogP contribution in [-0.2, 0) is 19.7 Å². The Bertz CT molecular complexity index is 493. The van der Waals surface area contributed by atoms with Crippen LogP contribution in [0.4, 0.5) is 0 Å². The molecule has 2 unspecified atom stereocenters. The molecule has 1 fully saturated rings. The van der Waals surface area contributed by atoms with Crippen molar-refractivity contribution in [1.82, 2.24) is 5.32 Å². The fourth-order valence-corrected chi connectivity index (χ4v) is 3.95. The first kappa shape index (κ1) is 15.9. The second kappa shape index (κ2) is 5.09. The topological polar surface area (TPSA) is 80.3 Å². The van der Waals surface area contributed by atoms with Crippen molar-refractivity contribution in [2.75, 3.05) is 19.1 Å². The number of rotatable bonds is 5. The predicted octanol–water partition coefficient (Wildman–Crippen LogP) is 0.365. The van der Waals surface area contributed by atoms with Crippen molar-refractivity contribution >= 4 is 19.7 Å². The van der Waals surface area contributed by atoms with Gasteiger partial charge in [0.05, 0.1) is 10.00 Å². The van der Waals surface area contributed by atoms with Gasteiger partial charge in [-0.1, -0.05) is 6.42 Å². The highest BCUT2D eigenvalue weighted by molar-refractivity contribution is 7.92. The van der Waals surface area contributed by atoms with Crippen LogP contribution in [0, 0.1) is 0 Å². The Morgan fingerprint density at radius 1 is 1.11 bits per heavy atom. The van der Waals surface area contributed by atoms with E-state index in [0.29, 0.717) is 6.42 Å². The molecule has 0 aromatic carbocycles. The summed E-state index contributed by atoms with van der Waals surface area (Å²) in [4.78, 5) is 0. The molecule has 0 spiro atoms. The smallest absolute Gasteiger partial charge is 0.153 e. The van der Waals surface area contributed by atoms with Crippen molar-refractivity contribution in [2.24, 2.45) is 0 Å². The van der Waals surface area contributed by atoms with E-state index in [1.54, 1.807) is 13.8 Å². The highest BCUT2D eigenvalue weighted by Gasteiger charge is 2.37. The van der Waals surface area contributed by atoms with Crippen molar-refractivity contribution in [1.29, 1.82) is 0 Å². The molecule has 0 aromatic heterocycles. The Morgan fingerprint density at radius 2 is 1.67 bits per heavy atom. The molecule has 0 heterocycles. The van der Waals surface area contributed by atoms with Crippen molar-refractivity contribution < 1.29 is 16.8 Å². The molecule has 18 heavy (non-hydrogen) atoms. The van der Waals surface area contributed by atoms with E-state index in [1.165, 1.54) is 12.5 Å². The van der Waals surface area contributed by atoms with Gasteiger partial charge in [0.1, 0.15) is 0 Å². The average molecular weight is 297 g/mol. The van der Waals surface area contributed by atoms with Crippen LogP contribution in [0.1, 0.15) is 33.1 Å². The molecule has 108 valence electrons. The van der Waals surface area contributed by atoms with Gasteiger partial charge in [-0.2, -0.15) is 0 Å². The van der Waals surface area contributed by atoms with Crippen LogP contribution in [0.3, 0.4) is 0 Å². The van der Waals surface area contributed by atoms with Crippen molar-refractivity contribution in [3.63, 3.8) is 0 Å². The minimum atomic E-state index is -3.16. The van der Waals surface area contributed by atoms with E-state index in [9.17, 15) is 16.8 Å². The van der Waals surface area contributed by atoms with Crippen molar-refractivity contribution in [2.45, 2.75) is 49.1 Å². The standard InChI is InChI=1S/C11H23NO4S2/c1-11(2,18(4,15)16)8-12-9-6-5-7-10(9)17(3,13)14/h9-10,12H,5-8H2,1-4H3. The first-order valence-electron chi connectivity index (χ1n) is 6.07. The van der Waals surface area contributed by atoms with E-state index in [4.69, 9.17) is 0 Å². The maximum Gasteiger partial charge on any atom is 0.153 e. The molecule has 2 atom stereocenters. The lowest BCUT2D eigenvalue weighted by atomic mass is 10.1. The van der Waals surface area contributed by atoms with Crippen LogP contribution in [-0.4, -0.2) is 51.9 Å². The van der Waals surface area contributed by atoms with E-state index in [1.807, 2.05) is 0 Å². The molecular weight excluding hydrogens is 274 g/mol. The van der Waals surface area contributed by atoms with Crippen LogP contribution < -0.4 is 5.32 Å². The Labute approximate surface area is 110 Å². The highest BCUT2D eigenvalue weighted by atomic mass is 32.2. The molecule has 0 bridgehead atoms. The SMILES string of the molecule is CC(C)(CNC1CCCC1S(C)(=O)=O)S(C)(=O)=O.